The molecule has 0 aromatic carbocycles. The summed E-state index contributed by atoms with van der Waals surface area (Å²) in [5.41, 5.74) is -0.240. The summed E-state index contributed by atoms with van der Waals surface area (Å²) in [6, 6.07) is 2.53. The fourth-order valence-electron chi connectivity index (χ4n) is 2.30. The van der Waals surface area contributed by atoms with Gasteiger partial charge in [-0.1, -0.05) is 26.2 Å². The molecule has 3 nitrogen and oxygen atoms in total. The average Bonchev–Trinajstić information content (AvgIpc) is 2.30. The number of rotatable bonds is 5. The molecule has 0 N–H and O–H groups in total. The van der Waals surface area contributed by atoms with Gasteiger partial charge < -0.3 is 4.90 Å². The predicted molar refractivity (Wildman–Crippen MR) is 67.2 cm³/mol. The summed E-state index contributed by atoms with van der Waals surface area (Å²) < 4.78 is 0. The number of nitrogens with zero attached hydrogens (tertiary/aromatic N) is 3. The van der Waals surface area contributed by atoms with Crippen molar-refractivity contribution in [2.45, 2.75) is 45.1 Å². The fourth-order valence-corrected chi connectivity index (χ4v) is 2.30. The van der Waals surface area contributed by atoms with Gasteiger partial charge in [0.15, 0.2) is 0 Å². The zero-order chi connectivity index (χ0) is 12.0. The highest BCUT2D eigenvalue weighted by Crippen LogP contribution is 2.23. The largest absolute Gasteiger partial charge is 0.304 e. The maximum atomic E-state index is 9.40. The molecule has 0 amide bonds. The standard InChI is InChI=1S/C13H25N3/c1-4-5-6-7-13(2,12-14)16-10-8-15(3)9-11-16/h4-11H2,1-3H3. The second-order valence-electron chi connectivity index (χ2n) is 5.13. The molecular weight excluding hydrogens is 198 g/mol. The summed E-state index contributed by atoms with van der Waals surface area (Å²) in [6.45, 7) is 8.56. The van der Waals surface area contributed by atoms with Crippen LogP contribution in [-0.2, 0) is 0 Å². The van der Waals surface area contributed by atoms with Gasteiger partial charge in [0, 0.05) is 26.2 Å². The van der Waals surface area contributed by atoms with Crippen molar-refractivity contribution in [2.24, 2.45) is 0 Å². The molecule has 1 atom stereocenters. The molecule has 1 rings (SSSR count). The Balaban J connectivity index is 2.48. The third-order valence-corrected chi connectivity index (χ3v) is 3.71. The Hall–Kier alpha value is -0.590. The molecule has 3 heteroatoms. The minimum Gasteiger partial charge on any atom is -0.304 e. The van der Waals surface area contributed by atoms with Crippen molar-refractivity contribution >= 4 is 0 Å². The molecule has 0 spiro atoms. The van der Waals surface area contributed by atoms with E-state index in [4.69, 9.17) is 0 Å². The Morgan fingerprint density at radius 2 is 1.81 bits per heavy atom. The van der Waals surface area contributed by atoms with E-state index in [0.29, 0.717) is 0 Å². The third-order valence-electron chi connectivity index (χ3n) is 3.71. The van der Waals surface area contributed by atoms with Crippen LogP contribution < -0.4 is 0 Å². The average molecular weight is 223 g/mol. The minimum atomic E-state index is -0.240. The van der Waals surface area contributed by atoms with Gasteiger partial charge in [0.05, 0.1) is 6.07 Å². The van der Waals surface area contributed by atoms with E-state index in [2.05, 4.69) is 36.8 Å². The van der Waals surface area contributed by atoms with Gasteiger partial charge in [-0.3, -0.25) is 4.90 Å². The molecule has 0 aliphatic carbocycles. The lowest BCUT2D eigenvalue weighted by molar-refractivity contribution is 0.0769. The van der Waals surface area contributed by atoms with Gasteiger partial charge in [-0.25, -0.2) is 0 Å². The Morgan fingerprint density at radius 3 is 2.31 bits per heavy atom. The third kappa shape index (κ3) is 3.47. The Kier molecular flexibility index (Phi) is 5.24. The van der Waals surface area contributed by atoms with E-state index in [0.717, 1.165) is 32.6 Å². The number of nitriles is 1. The lowest BCUT2D eigenvalue weighted by Crippen LogP contribution is -2.54. The summed E-state index contributed by atoms with van der Waals surface area (Å²) in [5, 5.41) is 9.40. The van der Waals surface area contributed by atoms with Crippen molar-refractivity contribution in [1.29, 1.82) is 5.26 Å². The monoisotopic (exact) mass is 223 g/mol. The second kappa shape index (κ2) is 6.22. The van der Waals surface area contributed by atoms with Crippen LogP contribution in [0.15, 0.2) is 0 Å². The predicted octanol–water partition coefficient (Wildman–Crippen LogP) is 2.10. The van der Waals surface area contributed by atoms with Gasteiger partial charge >= 0.3 is 0 Å². The van der Waals surface area contributed by atoms with E-state index < -0.39 is 0 Å². The van der Waals surface area contributed by atoms with Crippen LogP contribution in [0.5, 0.6) is 0 Å². The van der Waals surface area contributed by atoms with Crippen LogP contribution in [0.2, 0.25) is 0 Å². The van der Waals surface area contributed by atoms with Crippen molar-refractivity contribution in [1.82, 2.24) is 9.80 Å². The van der Waals surface area contributed by atoms with E-state index in [-0.39, 0.29) is 5.54 Å². The molecule has 92 valence electrons. The Bertz CT molecular complexity index is 238. The minimum absolute atomic E-state index is 0.240. The number of hydrogen-bond donors (Lipinski definition) is 0. The van der Waals surface area contributed by atoms with Gasteiger partial charge in [0.25, 0.3) is 0 Å². The molecule has 1 saturated heterocycles. The number of piperazine rings is 1. The van der Waals surface area contributed by atoms with Crippen molar-refractivity contribution in [2.75, 3.05) is 33.2 Å². The van der Waals surface area contributed by atoms with Crippen LogP contribution in [0.1, 0.15) is 39.5 Å². The molecule has 16 heavy (non-hydrogen) atoms. The summed E-state index contributed by atoms with van der Waals surface area (Å²) >= 11 is 0. The number of likely N-dealkylation sites (N-methyl/N-ethyl adjacent to an activating group) is 1. The normalized spacial score (nSPS) is 22.6. The van der Waals surface area contributed by atoms with E-state index in [1.807, 2.05) is 0 Å². The summed E-state index contributed by atoms with van der Waals surface area (Å²) in [6.07, 6.45) is 4.66. The second-order valence-corrected chi connectivity index (χ2v) is 5.13. The van der Waals surface area contributed by atoms with Crippen LogP contribution in [0.4, 0.5) is 0 Å². The van der Waals surface area contributed by atoms with E-state index in [1.54, 1.807) is 0 Å². The molecule has 0 saturated carbocycles. The molecule has 0 aromatic heterocycles. The van der Waals surface area contributed by atoms with Crippen LogP contribution >= 0.6 is 0 Å². The lowest BCUT2D eigenvalue weighted by atomic mass is 9.93. The summed E-state index contributed by atoms with van der Waals surface area (Å²) in [5.74, 6) is 0. The van der Waals surface area contributed by atoms with Crippen LogP contribution in [-0.4, -0.2) is 48.6 Å². The highest BCUT2D eigenvalue weighted by molar-refractivity contribution is 5.06. The summed E-state index contributed by atoms with van der Waals surface area (Å²) in [7, 11) is 2.15. The molecule has 1 unspecified atom stereocenters. The van der Waals surface area contributed by atoms with Gasteiger partial charge in [-0.05, 0) is 20.4 Å². The first-order chi connectivity index (χ1) is 7.62. The van der Waals surface area contributed by atoms with Crippen molar-refractivity contribution in [3.63, 3.8) is 0 Å². The first kappa shape index (κ1) is 13.5. The number of unbranched alkanes of at least 4 members (excludes halogenated alkanes) is 2. The lowest BCUT2D eigenvalue weighted by Gasteiger charge is -2.41. The molecule has 1 aliphatic rings. The maximum Gasteiger partial charge on any atom is 0.106 e. The molecule has 1 aliphatic heterocycles. The zero-order valence-corrected chi connectivity index (χ0v) is 11.0. The molecule has 0 aromatic rings. The Morgan fingerprint density at radius 1 is 1.19 bits per heavy atom. The molecule has 0 bridgehead atoms. The van der Waals surface area contributed by atoms with Gasteiger partial charge in [0.2, 0.25) is 0 Å². The van der Waals surface area contributed by atoms with Crippen LogP contribution in [0, 0.1) is 11.3 Å². The smallest absolute Gasteiger partial charge is 0.106 e. The van der Waals surface area contributed by atoms with Gasteiger partial charge in [-0.2, -0.15) is 5.26 Å². The SMILES string of the molecule is CCCCCC(C)(C#N)N1CCN(C)CC1. The Labute approximate surface area is 100 Å². The first-order valence-electron chi connectivity index (χ1n) is 6.47. The number of hydrogen-bond acceptors (Lipinski definition) is 3. The van der Waals surface area contributed by atoms with E-state index in [1.165, 1.54) is 19.3 Å². The van der Waals surface area contributed by atoms with Gasteiger partial charge in [0.1, 0.15) is 5.54 Å². The first-order valence-corrected chi connectivity index (χ1v) is 6.47. The van der Waals surface area contributed by atoms with E-state index >= 15 is 0 Å². The van der Waals surface area contributed by atoms with Gasteiger partial charge in [-0.15, -0.1) is 0 Å². The fraction of sp³-hybridized carbons (Fsp3) is 0.923. The zero-order valence-electron chi connectivity index (χ0n) is 11.0. The molecule has 1 fully saturated rings. The maximum absolute atomic E-state index is 9.40. The van der Waals surface area contributed by atoms with Crippen LogP contribution in [0.3, 0.4) is 0 Å². The highest BCUT2D eigenvalue weighted by Gasteiger charge is 2.32. The van der Waals surface area contributed by atoms with E-state index in [9.17, 15) is 5.26 Å². The molecular formula is C13H25N3. The topological polar surface area (TPSA) is 30.3 Å². The van der Waals surface area contributed by atoms with Crippen molar-refractivity contribution in [3.8, 4) is 6.07 Å². The van der Waals surface area contributed by atoms with Crippen molar-refractivity contribution < 1.29 is 0 Å². The molecule has 1 heterocycles. The van der Waals surface area contributed by atoms with Crippen molar-refractivity contribution in [3.05, 3.63) is 0 Å². The van der Waals surface area contributed by atoms with Crippen LogP contribution in [0.25, 0.3) is 0 Å². The summed E-state index contributed by atoms with van der Waals surface area (Å²) in [4.78, 5) is 4.70. The molecule has 0 radical (unpaired) electrons. The highest BCUT2D eigenvalue weighted by atomic mass is 15.3. The quantitative estimate of drug-likeness (QED) is 0.669.